The Labute approximate surface area is 84.4 Å². The van der Waals surface area contributed by atoms with Crippen LogP contribution in [0.2, 0.25) is 0 Å². The summed E-state index contributed by atoms with van der Waals surface area (Å²) in [5.41, 5.74) is 3.96. The summed E-state index contributed by atoms with van der Waals surface area (Å²) in [5, 5.41) is 0. The van der Waals surface area contributed by atoms with E-state index in [9.17, 15) is 0 Å². The van der Waals surface area contributed by atoms with Crippen molar-refractivity contribution in [3.05, 3.63) is 29.3 Å². The number of anilines is 1. The lowest BCUT2D eigenvalue weighted by molar-refractivity contribution is 0.126. The van der Waals surface area contributed by atoms with Gasteiger partial charge in [0, 0.05) is 25.2 Å². The maximum atomic E-state index is 5.13. The van der Waals surface area contributed by atoms with Crippen LogP contribution < -0.4 is 10.8 Å². The van der Waals surface area contributed by atoms with Crippen molar-refractivity contribution in [3.8, 4) is 0 Å². The Kier molecular flexibility index (Phi) is 2.44. The number of hydrogen-bond donors (Lipinski definition) is 1. The molecule has 0 saturated carbocycles. The fourth-order valence-electron chi connectivity index (χ4n) is 2.13. The van der Waals surface area contributed by atoms with Crippen LogP contribution in [0.1, 0.15) is 17.0 Å². The van der Waals surface area contributed by atoms with Gasteiger partial charge in [-0.1, -0.05) is 17.7 Å². The third-order valence-corrected chi connectivity index (χ3v) is 2.83. The van der Waals surface area contributed by atoms with Crippen molar-refractivity contribution >= 4 is 5.69 Å². The summed E-state index contributed by atoms with van der Waals surface area (Å²) in [6.45, 7) is 3.70. The van der Waals surface area contributed by atoms with E-state index in [1.807, 2.05) is 0 Å². The number of likely N-dealkylation sites (N-methyl/N-ethyl adjacent to an activating group) is 1. The Balaban J connectivity index is 2.35. The summed E-state index contributed by atoms with van der Waals surface area (Å²) in [7, 11) is 2.10. The zero-order valence-electron chi connectivity index (χ0n) is 8.66. The number of fused-ring (bicyclic) bond motifs is 1. The van der Waals surface area contributed by atoms with Crippen molar-refractivity contribution in [2.75, 3.05) is 25.1 Å². The average Bonchev–Trinajstić information content (AvgIpc) is 2.44. The fraction of sp³-hybridized carbons (Fsp3) is 0.455. The van der Waals surface area contributed by atoms with E-state index in [2.05, 4.69) is 37.1 Å². The van der Waals surface area contributed by atoms with Crippen LogP contribution in [-0.4, -0.2) is 20.2 Å². The second kappa shape index (κ2) is 3.59. The fourth-order valence-corrected chi connectivity index (χ4v) is 2.13. The molecule has 0 saturated heterocycles. The molecule has 1 aliphatic heterocycles. The predicted molar refractivity (Wildman–Crippen MR) is 57.3 cm³/mol. The zero-order valence-corrected chi connectivity index (χ0v) is 8.66. The maximum absolute atomic E-state index is 5.13. The lowest BCUT2D eigenvalue weighted by Crippen LogP contribution is -2.19. The molecular formula is C11H16N2O. The van der Waals surface area contributed by atoms with E-state index in [4.69, 9.17) is 10.7 Å². The molecule has 1 aromatic rings. The zero-order chi connectivity index (χ0) is 10.1. The van der Waals surface area contributed by atoms with Gasteiger partial charge in [0.15, 0.2) is 0 Å². The number of nitrogens with zero attached hydrogens (tertiary/aromatic N) is 1. The van der Waals surface area contributed by atoms with E-state index >= 15 is 0 Å². The van der Waals surface area contributed by atoms with Crippen molar-refractivity contribution in [1.29, 1.82) is 0 Å². The highest BCUT2D eigenvalue weighted by Crippen LogP contribution is 2.35. The van der Waals surface area contributed by atoms with E-state index in [0.717, 1.165) is 6.54 Å². The van der Waals surface area contributed by atoms with E-state index < -0.39 is 0 Å². The van der Waals surface area contributed by atoms with Gasteiger partial charge in [-0.2, -0.15) is 0 Å². The monoisotopic (exact) mass is 192 g/mol. The molecule has 3 nitrogen and oxygen atoms in total. The van der Waals surface area contributed by atoms with Gasteiger partial charge in [-0.05, 0) is 18.6 Å². The first-order valence-electron chi connectivity index (χ1n) is 4.85. The topological polar surface area (TPSA) is 38.5 Å². The molecule has 1 unspecified atom stereocenters. The first kappa shape index (κ1) is 9.49. The van der Waals surface area contributed by atoms with Crippen molar-refractivity contribution in [1.82, 2.24) is 0 Å². The minimum atomic E-state index is 0.417. The number of nitrogens with two attached hydrogens (primary N) is 1. The third-order valence-electron chi connectivity index (χ3n) is 2.83. The molecule has 0 radical (unpaired) electrons. The molecule has 0 fully saturated rings. The first-order chi connectivity index (χ1) is 6.72. The summed E-state index contributed by atoms with van der Waals surface area (Å²) >= 11 is 0. The van der Waals surface area contributed by atoms with Gasteiger partial charge in [0.05, 0.1) is 6.61 Å². The van der Waals surface area contributed by atoms with E-state index in [1.165, 1.54) is 16.8 Å². The van der Waals surface area contributed by atoms with E-state index in [0.29, 0.717) is 12.5 Å². The van der Waals surface area contributed by atoms with Gasteiger partial charge in [0.2, 0.25) is 0 Å². The summed E-state index contributed by atoms with van der Waals surface area (Å²) in [6.07, 6.45) is 0. The normalized spacial score (nSPS) is 19.9. The average molecular weight is 192 g/mol. The van der Waals surface area contributed by atoms with Crippen LogP contribution in [0.25, 0.3) is 0 Å². The van der Waals surface area contributed by atoms with Gasteiger partial charge in [0.25, 0.3) is 0 Å². The third kappa shape index (κ3) is 1.49. The minimum Gasteiger partial charge on any atom is -0.374 e. The second-order valence-electron chi connectivity index (χ2n) is 3.97. The first-order valence-corrected chi connectivity index (χ1v) is 4.85. The summed E-state index contributed by atoms with van der Waals surface area (Å²) < 4.78 is 0. The van der Waals surface area contributed by atoms with Gasteiger partial charge >= 0.3 is 0 Å². The van der Waals surface area contributed by atoms with Gasteiger partial charge in [0.1, 0.15) is 0 Å². The minimum absolute atomic E-state index is 0.417. The molecule has 0 aliphatic carbocycles. The molecule has 0 amide bonds. The Morgan fingerprint density at radius 1 is 1.57 bits per heavy atom. The number of rotatable bonds is 2. The van der Waals surface area contributed by atoms with Crippen molar-refractivity contribution in [3.63, 3.8) is 0 Å². The molecule has 1 aromatic carbocycles. The molecule has 3 heteroatoms. The molecule has 1 atom stereocenters. The van der Waals surface area contributed by atoms with E-state index in [1.54, 1.807) is 0 Å². The lowest BCUT2D eigenvalue weighted by atomic mass is 10.0. The van der Waals surface area contributed by atoms with Crippen LogP contribution in [0.3, 0.4) is 0 Å². The standard InChI is InChI=1S/C11H16N2O/c1-8-3-4-11-10(5-8)9(7-14-12)6-13(11)2/h3-5,9H,6-7,12H2,1-2H3. The second-order valence-corrected chi connectivity index (χ2v) is 3.97. The summed E-state index contributed by atoms with van der Waals surface area (Å²) in [4.78, 5) is 6.99. The molecule has 76 valence electrons. The molecule has 2 N–H and O–H groups in total. The maximum Gasteiger partial charge on any atom is 0.0765 e. The highest BCUT2D eigenvalue weighted by atomic mass is 16.6. The highest BCUT2D eigenvalue weighted by molar-refractivity contribution is 5.60. The quantitative estimate of drug-likeness (QED) is 0.720. The molecule has 1 heterocycles. The van der Waals surface area contributed by atoms with Gasteiger partial charge in [-0.25, -0.2) is 5.90 Å². The van der Waals surface area contributed by atoms with Crippen molar-refractivity contribution in [2.24, 2.45) is 5.90 Å². The van der Waals surface area contributed by atoms with Crippen molar-refractivity contribution < 1.29 is 4.84 Å². The van der Waals surface area contributed by atoms with Crippen LogP contribution >= 0.6 is 0 Å². The SMILES string of the molecule is Cc1ccc2c(c1)C(CON)CN2C. The van der Waals surface area contributed by atoms with Crippen LogP contribution in [0.4, 0.5) is 5.69 Å². The predicted octanol–water partition coefficient (Wildman–Crippen LogP) is 1.42. The Bertz CT molecular complexity index is 338. The van der Waals surface area contributed by atoms with Gasteiger partial charge in [-0.15, -0.1) is 0 Å². The Hall–Kier alpha value is -1.06. The van der Waals surface area contributed by atoms with Gasteiger partial charge < -0.3 is 9.74 Å². The molecule has 1 aliphatic rings. The van der Waals surface area contributed by atoms with Crippen LogP contribution in [0.5, 0.6) is 0 Å². The Morgan fingerprint density at radius 3 is 3.07 bits per heavy atom. The van der Waals surface area contributed by atoms with Crippen LogP contribution in [-0.2, 0) is 4.84 Å². The number of benzene rings is 1. The van der Waals surface area contributed by atoms with Crippen LogP contribution in [0.15, 0.2) is 18.2 Å². The smallest absolute Gasteiger partial charge is 0.0765 e. The highest BCUT2D eigenvalue weighted by Gasteiger charge is 2.26. The van der Waals surface area contributed by atoms with Gasteiger partial charge in [-0.3, -0.25) is 0 Å². The van der Waals surface area contributed by atoms with Crippen LogP contribution in [0, 0.1) is 6.92 Å². The largest absolute Gasteiger partial charge is 0.374 e. The number of aryl methyl sites for hydroxylation is 1. The lowest BCUT2D eigenvalue weighted by Gasteiger charge is -2.11. The molecule has 0 bridgehead atoms. The summed E-state index contributed by atoms with van der Waals surface area (Å²) in [6, 6.07) is 6.53. The number of hydrogen-bond acceptors (Lipinski definition) is 3. The summed E-state index contributed by atoms with van der Waals surface area (Å²) in [5.74, 6) is 5.55. The molecule has 0 aromatic heterocycles. The molecule has 0 spiro atoms. The van der Waals surface area contributed by atoms with E-state index in [-0.39, 0.29) is 0 Å². The molecular weight excluding hydrogens is 176 g/mol. The van der Waals surface area contributed by atoms with Crippen molar-refractivity contribution in [2.45, 2.75) is 12.8 Å². The molecule has 14 heavy (non-hydrogen) atoms. The molecule has 2 rings (SSSR count). The Morgan fingerprint density at radius 2 is 2.36 bits per heavy atom.